The number of nitrogens with one attached hydrogen (secondary N) is 1. The topological polar surface area (TPSA) is 56.8 Å². The molecule has 3 aliphatic rings. The van der Waals surface area contributed by atoms with Crippen LogP contribution < -0.4 is 14.8 Å². The molecule has 28 heavy (non-hydrogen) atoms. The Morgan fingerprint density at radius 2 is 2.07 bits per heavy atom. The number of methoxy groups -OCH3 is 2. The van der Waals surface area contributed by atoms with Crippen LogP contribution in [0.3, 0.4) is 0 Å². The minimum absolute atomic E-state index is 0.0269. The van der Waals surface area contributed by atoms with E-state index in [0.717, 1.165) is 29.9 Å². The Kier molecular flexibility index (Phi) is 4.85. The molecule has 1 aliphatic heterocycles. The lowest BCUT2D eigenvalue weighted by Gasteiger charge is -2.53. The zero-order valence-electron chi connectivity index (χ0n) is 17.7. The molecular weight excluding hydrogens is 354 g/mol. The van der Waals surface area contributed by atoms with Crippen molar-refractivity contribution in [2.75, 3.05) is 20.8 Å². The van der Waals surface area contributed by atoms with Gasteiger partial charge in [0.15, 0.2) is 11.5 Å². The van der Waals surface area contributed by atoms with Gasteiger partial charge in [-0.3, -0.25) is 4.79 Å². The first kappa shape index (κ1) is 19.6. The molecule has 0 radical (unpaired) electrons. The Bertz CT molecular complexity index is 761. The second kappa shape index (κ2) is 6.94. The van der Waals surface area contributed by atoms with Crippen LogP contribution in [0.5, 0.6) is 11.5 Å². The lowest BCUT2D eigenvalue weighted by Crippen LogP contribution is -2.58. The van der Waals surface area contributed by atoms with Crippen molar-refractivity contribution in [1.29, 1.82) is 0 Å². The lowest BCUT2D eigenvalue weighted by molar-refractivity contribution is -0.137. The van der Waals surface area contributed by atoms with Gasteiger partial charge in [0.05, 0.1) is 20.3 Å². The van der Waals surface area contributed by atoms with E-state index in [2.05, 4.69) is 25.2 Å². The molecule has 0 aromatic heterocycles. The Hall–Kier alpha value is -1.75. The van der Waals surface area contributed by atoms with Gasteiger partial charge in [-0.25, -0.2) is 0 Å². The number of fused-ring (bicyclic) bond motifs is 1. The van der Waals surface area contributed by atoms with Gasteiger partial charge >= 0.3 is 0 Å². The molecule has 1 saturated heterocycles. The maximum atomic E-state index is 12.4. The number of ether oxygens (including phenoxy) is 3. The number of rotatable bonds is 5. The van der Waals surface area contributed by atoms with E-state index in [4.69, 9.17) is 14.2 Å². The van der Waals surface area contributed by atoms with Gasteiger partial charge < -0.3 is 19.5 Å². The molecule has 5 atom stereocenters. The van der Waals surface area contributed by atoms with Crippen molar-refractivity contribution in [3.8, 4) is 11.5 Å². The largest absolute Gasteiger partial charge is 0.493 e. The van der Waals surface area contributed by atoms with Crippen LogP contribution in [0.15, 0.2) is 18.2 Å². The summed E-state index contributed by atoms with van der Waals surface area (Å²) in [7, 11) is 3.36. The molecule has 3 fully saturated rings. The molecule has 5 heteroatoms. The average molecular weight is 388 g/mol. The molecule has 1 N–H and O–H groups in total. The Labute approximate surface area is 168 Å². The number of para-hydroxylation sites is 1. The summed E-state index contributed by atoms with van der Waals surface area (Å²) in [5.74, 6) is 2.63. The molecule has 2 bridgehead atoms. The van der Waals surface area contributed by atoms with E-state index < -0.39 is 0 Å². The van der Waals surface area contributed by atoms with Gasteiger partial charge in [-0.1, -0.05) is 32.9 Å². The third kappa shape index (κ3) is 2.66. The molecule has 4 rings (SSSR count). The standard InChI is InChI=1S/C23H33NO4/c1-6-18(25)24-21-22(2,3)14-12-16-19(28-11-10-23(16,21)13-14)15-8-7-9-17(26-4)20(15)27-5/h7-9,14,16,19,21H,6,10-13H2,1-5H3,(H,24,25)/t14-,16-,19-,21-,23-/m1/s1. The first-order valence-electron chi connectivity index (χ1n) is 10.5. The second-order valence-electron chi connectivity index (χ2n) is 9.28. The van der Waals surface area contributed by atoms with Crippen LogP contribution in [0.2, 0.25) is 0 Å². The molecule has 154 valence electrons. The van der Waals surface area contributed by atoms with Crippen molar-refractivity contribution in [2.45, 2.75) is 58.6 Å². The first-order chi connectivity index (χ1) is 13.4. The highest BCUT2D eigenvalue weighted by Crippen LogP contribution is 2.71. The third-order valence-electron chi connectivity index (χ3n) is 7.87. The number of benzene rings is 1. The Morgan fingerprint density at radius 1 is 1.29 bits per heavy atom. The average Bonchev–Trinajstić information content (AvgIpc) is 3.19. The quantitative estimate of drug-likeness (QED) is 0.826. The minimum Gasteiger partial charge on any atom is -0.493 e. The van der Waals surface area contributed by atoms with E-state index in [1.807, 2.05) is 19.1 Å². The van der Waals surface area contributed by atoms with Crippen LogP contribution in [-0.2, 0) is 9.53 Å². The van der Waals surface area contributed by atoms with Crippen molar-refractivity contribution in [3.05, 3.63) is 23.8 Å². The predicted octanol–water partition coefficient (Wildman–Crippen LogP) is 4.11. The molecule has 1 aromatic rings. The summed E-state index contributed by atoms with van der Waals surface area (Å²) in [6.07, 6.45) is 3.82. The van der Waals surface area contributed by atoms with Crippen LogP contribution in [-0.4, -0.2) is 32.8 Å². The Balaban J connectivity index is 1.74. The Morgan fingerprint density at radius 3 is 2.75 bits per heavy atom. The SMILES string of the molecule is CCC(=O)N[C@@H]1C(C)(C)[C@@H]2C[C@@H]3[C@@H](c4cccc(OC)c4OC)OCC[C@@]31C2. The van der Waals surface area contributed by atoms with Crippen molar-refractivity contribution in [2.24, 2.45) is 22.7 Å². The van der Waals surface area contributed by atoms with Crippen LogP contribution in [0.4, 0.5) is 0 Å². The molecule has 1 aromatic carbocycles. The predicted molar refractivity (Wildman–Crippen MR) is 108 cm³/mol. The fourth-order valence-electron chi connectivity index (χ4n) is 6.49. The van der Waals surface area contributed by atoms with Crippen LogP contribution in [0, 0.1) is 22.7 Å². The summed E-state index contributed by atoms with van der Waals surface area (Å²) >= 11 is 0. The van der Waals surface area contributed by atoms with Crippen LogP contribution >= 0.6 is 0 Å². The van der Waals surface area contributed by atoms with E-state index >= 15 is 0 Å². The molecular formula is C23H33NO4. The first-order valence-corrected chi connectivity index (χ1v) is 10.5. The van der Waals surface area contributed by atoms with Crippen molar-refractivity contribution in [3.63, 3.8) is 0 Å². The molecule has 2 saturated carbocycles. The van der Waals surface area contributed by atoms with Crippen molar-refractivity contribution in [1.82, 2.24) is 5.32 Å². The maximum Gasteiger partial charge on any atom is 0.219 e. The third-order valence-corrected chi connectivity index (χ3v) is 7.87. The molecule has 1 heterocycles. The van der Waals surface area contributed by atoms with Crippen molar-refractivity contribution >= 4 is 5.91 Å². The summed E-state index contributed by atoms with van der Waals surface area (Å²) in [5, 5.41) is 3.41. The van der Waals surface area contributed by atoms with E-state index in [0.29, 0.717) is 24.9 Å². The number of amides is 1. The highest BCUT2D eigenvalue weighted by molar-refractivity contribution is 5.76. The van der Waals surface area contributed by atoms with Gasteiger partial charge in [-0.05, 0) is 48.0 Å². The molecule has 2 aliphatic carbocycles. The lowest BCUT2D eigenvalue weighted by atomic mass is 9.58. The van der Waals surface area contributed by atoms with Gasteiger partial charge in [0.1, 0.15) is 0 Å². The van der Waals surface area contributed by atoms with Crippen LogP contribution in [0.25, 0.3) is 0 Å². The summed E-state index contributed by atoms with van der Waals surface area (Å²) in [6, 6.07) is 6.23. The van der Waals surface area contributed by atoms with Crippen LogP contribution in [0.1, 0.15) is 58.1 Å². The van der Waals surface area contributed by atoms with Gasteiger partial charge in [0.2, 0.25) is 5.91 Å². The summed E-state index contributed by atoms with van der Waals surface area (Å²) in [6.45, 7) is 7.31. The number of carbonyl (C=O) groups excluding carboxylic acids is 1. The highest BCUT2D eigenvalue weighted by atomic mass is 16.5. The zero-order valence-corrected chi connectivity index (χ0v) is 17.7. The zero-order chi connectivity index (χ0) is 20.1. The number of carbonyl (C=O) groups is 1. The fraction of sp³-hybridized carbons (Fsp3) is 0.696. The monoisotopic (exact) mass is 387 g/mol. The van der Waals surface area contributed by atoms with E-state index in [-0.39, 0.29) is 28.9 Å². The number of hydrogen-bond acceptors (Lipinski definition) is 4. The summed E-state index contributed by atoms with van der Waals surface area (Å²) < 4.78 is 17.6. The normalized spacial score (nSPS) is 35.3. The fourth-order valence-corrected chi connectivity index (χ4v) is 6.49. The maximum absolute atomic E-state index is 12.4. The van der Waals surface area contributed by atoms with Gasteiger partial charge in [-0.15, -0.1) is 0 Å². The number of hydrogen-bond donors (Lipinski definition) is 1. The molecule has 5 nitrogen and oxygen atoms in total. The van der Waals surface area contributed by atoms with Gasteiger partial charge in [0, 0.05) is 24.6 Å². The van der Waals surface area contributed by atoms with E-state index in [9.17, 15) is 4.79 Å². The minimum atomic E-state index is -0.0269. The van der Waals surface area contributed by atoms with E-state index in [1.165, 1.54) is 6.42 Å². The highest BCUT2D eigenvalue weighted by Gasteiger charge is 2.68. The molecule has 1 amide bonds. The smallest absolute Gasteiger partial charge is 0.219 e. The van der Waals surface area contributed by atoms with Gasteiger partial charge in [0.25, 0.3) is 0 Å². The van der Waals surface area contributed by atoms with Crippen molar-refractivity contribution < 1.29 is 19.0 Å². The molecule has 0 unspecified atom stereocenters. The molecule has 1 spiro atoms. The summed E-state index contributed by atoms with van der Waals surface area (Å²) in [4.78, 5) is 12.4. The summed E-state index contributed by atoms with van der Waals surface area (Å²) in [5.41, 5.74) is 1.27. The second-order valence-corrected chi connectivity index (χ2v) is 9.28. The van der Waals surface area contributed by atoms with Gasteiger partial charge in [-0.2, -0.15) is 0 Å². The van der Waals surface area contributed by atoms with E-state index in [1.54, 1.807) is 14.2 Å².